The molecule has 0 spiro atoms. The Morgan fingerprint density at radius 3 is 2.43 bits per heavy atom. The van der Waals surface area contributed by atoms with Crippen LogP contribution in [-0.2, 0) is 0 Å². The summed E-state index contributed by atoms with van der Waals surface area (Å²) in [6.07, 6.45) is 0. The highest BCUT2D eigenvalue weighted by atomic mass is 19.1. The van der Waals surface area contributed by atoms with E-state index < -0.39 is 12.7 Å². The van der Waals surface area contributed by atoms with Crippen molar-refractivity contribution < 1.29 is 13.9 Å². The zero-order valence-electron chi connectivity index (χ0n) is 8.29. The monoisotopic (exact) mass is 199 g/mol. The lowest BCUT2D eigenvalue weighted by Crippen LogP contribution is -2.12. The third-order valence-electron chi connectivity index (χ3n) is 2.00. The molecule has 0 saturated carbocycles. The molecule has 0 aliphatic heterocycles. The fourth-order valence-electron chi connectivity index (χ4n) is 1.17. The van der Waals surface area contributed by atoms with Crippen LogP contribution in [0.5, 0.6) is 11.5 Å². The molecule has 2 N–H and O–H groups in total. The van der Waals surface area contributed by atoms with Crippen molar-refractivity contribution in [2.24, 2.45) is 5.73 Å². The molecular weight excluding hydrogens is 185 g/mol. The molecule has 0 aliphatic carbocycles. The lowest BCUT2D eigenvalue weighted by atomic mass is 10.1. The number of benzene rings is 1. The third-order valence-corrected chi connectivity index (χ3v) is 2.00. The standard InChI is InChI=1S/C10H14FNO2/c1-13-9-4-3-7(8(12)6-11)5-10(9)14-2/h3-5,8H,6,12H2,1-2H3/t8-/m1/s1. The molecule has 1 atom stereocenters. The average molecular weight is 199 g/mol. The Morgan fingerprint density at radius 2 is 1.93 bits per heavy atom. The van der Waals surface area contributed by atoms with E-state index >= 15 is 0 Å². The molecule has 0 radical (unpaired) electrons. The summed E-state index contributed by atoms with van der Waals surface area (Å²) in [4.78, 5) is 0. The van der Waals surface area contributed by atoms with Gasteiger partial charge in [0.25, 0.3) is 0 Å². The van der Waals surface area contributed by atoms with Gasteiger partial charge in [0.1, 0.15) is 6.67 Å². The Morgan fingerprint density at radius 1 is 1.29 bits per heavy atom. The van der Waals surface area contributed by atoms with Crippen molar-refractivity contribution in [1.29, 1.82) is 0 Å². The highest BCUT2D eigenvalue weighted by Gasteiger charge is 2.09. The van der Waals surface area contributed by atoms with Crippen molar-refractivity contribution >= 4 is 0 Å². The van der Waals surface area contributed by atoms with E-state index in [0.29, 0.717) is 17.1 Å². The van der Waals surface area contributed by atoms with Crippen molar-refractivity contribution in [2.75, 3.05) is 20.9 Å². The Balaban J connectivity index is 3.01. The van der Waals surface area contributed by atoms with Gasteiger partial charge in [-0.05, 0) is 17.7 Å². The molecule has 0 aliphatic rings. The maximum atomic E-state index is 12.3. The first kappa shape index (κ1) is 10.8. The number of halogens is 1. The van der Waals surface area contributed by atoms with Crippen LogP contribution in [0.25, 0.3) is 0 Å². The predicted octanol–water partition coefficient (Wildman–Crippen LogP) is 1.67. The van der Waals surface area contributed by atoms with Gasteiger partial charge in [-0.3, -0.25) is 0 Å². The lowest BCUT2D eigenvalue weighted by Gasteiger charge is -2.12. The number of hydrogen-bond donors (Lipinski definition) is 1. The van der Waals surface area contributed by atoms with E-state index in [4.69, 9.17) is 15.2 Å². The van der Waals surface area contributed by atoms with E-state index in [0.717, 1.165) is 0 Å². The molecule has 0 unspecified atom stereocenters. The minimum Gasteiger partial charge on any atom is -0.493 e. The van der Waals surface area contributed by atoms with Crippen molar-refractivity contribution in [3.63, 3.8) is 0 Å². The molecule has 3 nitrogen and oxygen atoms in total. The van der Waals surface area contributed by atoms with E-state index in [9.17, 15) is 4.39 Å². The first-order valence-corrected chi connectivity index (χ1v) is 4.26. The van der Waals surface area contributed by atoms with E-state index in [2.05, 4.69) is 0 Å². The summed E-state index contributed by atoms with van der Waals surface area (Å²) in [5.41, 5.74) is 6.24. The molecule has 0 amide bonds. The molecule has 0 bridgehead atoms. The van der Waals surface area contributed by atoms with Crippen LogP contribution in [0.1, 0.15) is 11.6 Å². The molecule has 78 valence electrons. The van der Waals surface area contributed by atoms with Crippen molar-refractivity contribution in [3.05, 3.63) is 23.8 Å². The zero-order valence-corrected chi connectivity index (χ0v) is 8.29. The van der Waals surface area contributed by atoms with Gasteiger partial charge in [0.05, 0.1) is 20.3 Å². The average Bonchev–Trinajstić information content (AvgIpc) is 2.26. The second-order valence-electron chi connectivity index (χ2n) is 2.88. The van der Waals surface area contributed by atoms with Crippen LogP contribution in [-0.4, -0.2) is 20.9 Å². The lowest BCUT2D eigenvalue weighted by molar-refractivity contribution is 0.353. The smallest absolute Gasteiger partial charge is 0.161 e. The van der Waals surface area contributed by atoms with Crippen LogP contribution in [0.15, 0.2) is 18.2 Å². The van der Waals surface area contributed by atoms with Crippen LogP contribution >= 0.6 is 0 Å². The second-order valence-corrected chi connectivity index (χ2v) is 2.88. The SMILES string of the molecule is COc1ccc([C@H](N)CF)cc1OC. The summed E-state index contributed by atoms with van der Waals surface area (Å²) in [5, 5.41) is 0. The Labute approximate surface area is 82.6 Å². The van der Waals surface area contributed by atoms with Crippen molar-refractivity contribution in [2.45, 2.75) is 6.04 Å². The predicted molar refractivity (Wildman–Crippen MR) is 52.4 cm³/mol. The van der Waals surface area contributed by atoms with Crippen LogP contribution in [0.4, 0.5) is 4.39 Å². The number of rotatable bonds is 4. The van der Waals surface area contributed by atoms with E-state index in [1.54, 1.807) is 25.3 Å². The number of alkyl halides is 1. The first-order chi connectivity index (χ1) is 6.72. The number of nitrogens with two attached hydrogens (primary N) is 1. The zero-order chi connectivity index (χ0) is 10.6. The van der Waals surface area contributed by atoms with Gasteiger partial charge in [-0.2, -0.15) is 0 Å². The second kappa shape index (κ2) is 4.81. The van der Waals surface area contributed by atoms with Gasteiger partial charge in [0.2, 0.25) is 0 Å². The van der Waals surface area contributed by atoms with Gasteiger partial charge < -0.3 is 15.2 Å². The number of hydrogen-bond acceptors (Lipinski definition) is 3. The largest absolute Gasteiger partial charge is 0.493 e. The van der Waals surface area contributed by atoms with Crippen molar-refractivity contribution in [3.8, 4) is 11.5 Å². The highest BCUT2D eigenvalue weighted by molar-refractivity contribution is 5.43. The molecule has 0 fully saturated rings. The summed E-state index contributed by atoms with van der Waals surface area (Å²) in [5.74, 6) is 1.18. The van der Waals surface area contributed by atoms with Crippen molar-refractivity contribution in [1.82, 2.24) is 0 Å². The van der Waals surface area contributed by atoms with Gasteiger partial charge in [-0.25, -0.2) is 4.39 Å². The van der Waals surface area contributed by atoms with Gasteiger partial charge in [-0.1, -0.05) is 6.07 Å². The number of ether oxygens (including phenoxy) is 2. The van der Waals surface area contributed by atoms with Gasteiger partial charge in [0.15, 0.2) is 11.5 Å². The molecule has 1 aromatic rings. The molecule has 1 rings (SSSR count). The Hall–Kier alpha value is -1.29. The Kier molecular flexibility index (Phi) is 3.71. The van der Waals surface area contributed by atoms with E-state index in [1.165, 1.54) is 7.11 Å². The van der Waals surface area contributed by atoms with Crippen LogP contribution in [0.3, 0.4) is 0 Å². The van der Waals surface area contributed by atoms with Crippen LogP contribution in [0.2, 0.25) is 0 Å². The molecule has 0 saturated heterocycles. The fraction of sp³-hybridized carbons (Fsp3) is 0.400. The first-order valence-electron chi connectivity index (χ1n) is 4.26. The highest BCUT2D eigenvalue weighted by Crippen LogP contribution is 2.29. The minimum atomic E-state index is -0.602. The minimum absolute atomic E-state index is 0.564. The van der Waals surface area contributed by atoms with E-state index in [1.807, 2.05) is 0 Å². The normalized spacial score (nSPS) is 12.3. The molecule has 14 heavy (non-hydrogen) atoms. The topological polar surface area (TPSA) is 44.5 Å². The number of methoxy groups -OCH3 is 2. The quantitative estimate of drug-likeness (QED) is 0.802. The van der Waals surface area contributed by atoms with Crippen LogP contribution < -0.4 is 15.2 Å². The third kappa shape index (κ3) is 2.14. The molecular formula is C10H14FNO2. The van der Waals surface area contributed by atoms with Crippen LogP contribution in [0, 0.1) is 0 Å². The van der Waals surface area contributed by atoms with E-state index in [-0.39, 0.29) is 0 Å². The summed E-state index contributed by atoms with van der Waals surface area (Å²) < 4.78 is 22.4. The van der Waals surface area contributed by atoms with Gasteiger partial charge >= 0.3 is 0 Å². The van der Waals surface area contributed by atoms with Gasteiger partial charge in [0, 0.05) is 0 Å². The maximum Gasteiger partial charge on any atom is 0.161 e. The molecule has 0 aromatic heterocycles. The summed E-state index contributed by atoms with van der Waals surface area (Å²) in [7, 11) is 3.08. The Bertz CT molecular complexity index is 304. The molecule has 4 heteroatoms. The summed E-state index contributed by atoms with van der Waals surface area (Å²) in [6.45, 7) is -0.588. The molecule has 1 aromatic carbocycles. The molecule has 0 heterocycles. The summed E-state index contributed by atoms with van der Waals surface area (Å²) in [6, 6.07) is 4.52. The fourth-order valence-corrected chi connectivity index (χ4v) is 1.17. The maximum absolute atomic E-state index is 12.3. The van der Waals surface area contributed by atoms with Gasteiger partial charge in [-0.15, -0.1) is 0 Å². The summed E-state index contributed by atoms with van der Waals surface area (Å²) >= 11 is 0.